The molecule has 1 aromatic carbocycles. The Morgan fingerprint density at radius 1 is 1.32 bits per heavy atom. The number of para-hydroxylation sites is 1. The fourth-order valence-corrected chi connectivity index (χ4v) is 2.19. The van der Waals surface area contributed by atoms with Crippen LogP contribution in [0.25, 0.3) is 0 Å². The highest BCUT2D eigenvalue weighted by atomic mass is 16.5. The van der Waals surface area contributed by atoms with Crippen LogP contribution in [0.4, 0.5) is 0 Å². The molecule has 3 atom stereocenters. The molecule has 0 heterocycles. The Hall–Kier alpha value is -1.06. The minimum atomic E-state index is -0.593. The fourth-order valence-electron chi connectivity index (χ4n) is 2.19. The van der Waals surface area contributed by atoms with Crippen molar-refractivity contribution in [3.05, 3.63) is 29.8 Å². The third kappa shape index (κ3) is 4.84. The first kappa shape index (κ1) is 16.0. The molecule has 0 aliphatic carbocycles. The average molecular weight is 265 g/mol. The Morgan fingerprint density at radius 2 is 1.95 bits per heavy atom. The number of benzene rings is 1. The maximum absolute atomic E-state index is 9.21. The number of rotatable bonds is 7. The van der Waals surface area contributed by atoms with E-state index in [9.17, 15) is 5.11 Å². The molecule has 0 aliphatic rings. The highest BCUT2D eigenvalue weighted by Gasteiger charge is 2.22. The van der Waals surface area contributed by atoms with Crippen LogP contribution in [-0.4, -0.2) is 23.4 Å². The smallest absolute Gasteiger partial charge is 0.123 e. The van der Waals surface area contributed by atoms with E-state index in [1.165, 1.54) is 5.56 Å². The SMILES string of the molecule is CCC(C)c1ccccc1OC(C)CC(C)(N)CO. The van der Waals surface area contributed by atoms with Gasteiger partial charge >= 0.3 is 0 Å². The van der Waals surface area contributed by atoms with E-state index < -0.39 is 5.54 Å². The molecular formula is C16H27NO2. The van der Waals surface area contributed by atoms with Crippen LogP contribution in [0, 0.1) is 0 Å². The zero-order valence-corrected chi connectivity index (χ0v) is 12.5. The summed E-state index contributed by atoms with van der Waals surface area (Å²) in [5.74, 6) is 1.41. The third-order valence-electron chi connectivity index (χ3n) is 3.51. The lowest BCUT2D eigenvalue weighted by molar-refractivity contribution is 0.132. The molecule has 3 N–H and O–H groups in total. The molecule has 3 nitrogen and oxygen atoms in total. The predicted molar refractivity (Wildman–Crippen MR) is 79.5 cm³/mol. The largest absolute Gasteiger partial charge is 0.490 e. The topological polar surface area (TPSA) is 55.5 Å². The van der Waals surface area contributed by atoms with Crippen molar-refractivity contribution in [3.8, 4) is 5.75 Å². The summed E-state index contributed by atoms with van der Waals surface area (Å²) in [4.78, 5) is 0. The van der Waals surface area contributed by atoms with E-state index in [0.29, 0.717) is 12.3 Å². The first-order chi connectivity index (χ1) is 8.89. The summed E-state index contributed by atoms with van der Waals surface area (Å²) in [6.07, 6.45) is 1.69. The molecule has 108 valence electrons. The molecule has 0 aliphatic heterocycles. The van der Waals surface area contributed by atoms with Crippen molar-refractivity contribution < 1.29 is 9.84 Å². The molecular weight excluding hydrogens is 238 g/mol. The molecule has 0 amide bonds. The van der Waals surface area contributed by atoms with Crippen LogP contribution in [0.5, 0.6) is 5.75 Å². The Morgan fingerprint density at radius 3 is 2.53 bits per heavy atom. The lowest BCUT2D eigenvalue weighted by Crippen LogP contribution is -2.43. The van der Waals surface area contributed by atoms with E-state index in [1.807, 2.05) is 32.0 Å². The number of ether oxygens (including phenoxy) is 1. The highest BCUT2D eigenvalue weighted by Crippen LogP contribution is 2.29. The van der Waals surface area contributed by atoms with Gasteiger partial charge in [-0.25, -0.2) is 0 Å². The van der Waals surface area contributed by atoms with E-state index in [1.54, 1.807) is 0 Å². The van der Waals surface area contributed by atoms with E-state index in [0.717, 1.165) is 12.2 Å². The molecule has 0 bridgehead atoms. The van der Waals surface area contributed by atoms with E-state index in [2.05, 4.69) is 19.9 Å². The number of aliphatic hydroxyl groups excluding tert-OH is 1. The van der Waals surface area contributed by atoms with Gasteiger partial charge in [-0.15, -0.1) is 0 Å². The molecule has 19 heavy (non-hydrogen) atoms. The lowest BCUT2D eigenvalue weighted by Gasteiger charge is -2.27. The summed E-state index contributed by atoms with van der Waals surface area (Å²) >= 11 is 0. The summed E-state index contributed by atoms with van der Waals surface area (Å²) in [5, 5.41) is 9.21. The maximum atomic E-state index is 9.21. The van der Waals surface area contributed by atoms with Crippen LogP contribution in [0.2, 0.25) is 0 Å². The van der Waals surface area contributed by atoms with Crippen molar-refractivity contribution in [2.24, 2.45) is 5.73 Å². The normalized spacial score (nSPS) is 17.6. The van der Waals surface area contributed by atoms with Gasteiger partial charge in [0.25, 0.3) is 0 Å². The Bertz CT molecular complexity index is 390. The number of nitrogens with two attached hydrogens (primary N) is 1. The molecule has 3 heteroatoms. The molecule has 0 aromatic heterocycles. The van der Waals surface area contributed by atoms with Gasteiger partial charge in [-0.05, 0) is 37.8 Å². The predicted octanol–water partition coefficient (Wildman–Crippen LogP) is 3.07. The summed E-state index contributed by atoms with van der Waals surface area (Å²) in [5.41, 5.74) is 6.61. The van der Waals surface area contributed by atoms with Crippen LogP contribution >= 0.6 is 0 Å². The molecule has 0 saturated carbocycles. The zero-order valence-electron chi connectivity index (χ0n) is 12.5. The summed E-state index contributed by atoms with van der Waals surface area (Å²) in [6, 6.07) is 8.15. The second kappa shape index (κ2) is 6.92. The van der Waals surface area contributed by atoms with Gasteiger partial charge in [0.15, 0.2) is 0 Å². The van der Waals surface area contributed by atoms with Crippen molar-refractivity contribution in [1.29, 1.82) is 0 Å². The van der Waals surface area contributed by atoms with Crippen molar-refractivity contribution in [1.82, 2.24) is 0 Å². The van der Waals surface area contributed by atoms with Crippen LogP contribution in [0.1, 0.15) is 52.0 Å². The van der Waals surface area contributed by atoms with E-state index >= 15 is 0 Å². The number of hydrogen-bond donors (Lipinski definition) is 2. The molecule has 1 aromatic rings. The Kier molecular flexibility index (Phi) is 5.83. The van der Waals surface area contributed by atoms with Gasteiger partial charge in [0.2, 0.25) is 0 Å². The second-order valence-electron chi connectivity index (χ2n) is 5.79. The van der Waals surface area contributed by atoms with Gasteiger partial charge in [-0.2, -0.15) is 0 Å². The number of hydrogen-bond acceptors (Lipinski definition) is 3. The lowest BCUT2D eigenvalue weighted by atomic mass is 9.96. The fraction of sp³-hybridized carbons (Fsp3) is 0.625. The summed E-state index contributed by atoms with van der Waals surface area (Å²) in [6.45, 7) is 8.18. The third-order valence-corrected chi connectivity index (χ3v) is 3.51. The van der Waals surface area contributed by atoms with Gasteiger partial charge in [-0.1, -0.05) is 32.0 Å². The Labute approximate surface area is 116 Å². The first-order valence-electron chi connectivity index (χ1n) is 7.05. The van der Waals surface area contributed by atoms with Crippen molar-refractivity contribution in [2.75, 3.05) is 6.61 Å². The van der Waals surface area contributed by atoms with E-state index in [4.69, 9.17) is 10.5 Å². The molecule has 0 spiro atoms. The Balaban J connectivity index is 2.76. The quantitative estimate of drug-likeness (QED) is 0.796. The van der Waals surface area contributed by atoms with Gasteiger partial charge in [0.1, 0.15) is 5.75 Å². The standard InChI is InChI=1S/C16H27NO2/c1-5-12(2)14-8-6-7-9-15(14)19-13(3)10-16(4,17)11-18/h6-9,12-13,18H,5,10-11,17H2,1-4H3. The number of aliphatic hydroxyl groups is 1. The molecule has 1 rings (SSSR count). The van der Waals surface area contributed by atoms with Crippen LogP contribution in [-0.2, 0) is 0 Å². The van der Waals surface area contributed by atoms with Crippen molar-refractivity contribution >= 4 is 0 Å². The minimum absolute atomic E-state index is 0.0210. The second-order valence-corrected chi connectivity index (χ2v) is 5.79. The summed E-state index contributed by atoms with van der Waals surface area (Å²) < 4.78 is 6.02. The molecule has 3 unspecified atom stereocenters. The first-order valence-corrected chi connectivity index (χ1v) is 7.05. The molecule has 0 saturated heterocycles. The maximum Gasteiger partial charge on any atom is 0.123 e. The highest BCUT2D eigenvalue weighted by molar-refractivity contribution is 5.36. The van der Waals surface area contributed by atoms with Crippen molar-refractivity contribution in [2.45, 2.75) is 58.1 Å². The van der Waals surface area contributed by atoms with Crippen LogP contribution < -0.4 is 10.5 Å². The van der Waals surface area contributed by atoms with Gasteiger partial charge in [0.05, 0.1) is 12.7 Å². The minimum Gasteiger partial charge on any atom is -0.490 e. The average Bonchev–Trinajstić information content (AvgIpc) is 2.37. The van der Waals surface area contributed by atoms with Crippen LogP contribution in [0.3, 0.4) is 0 Å². The monoisotopic (exact) mass is 265 g/mol. The van der Waals surface area contributed by atoms with Crippen molar-refractivity contribution in [3.63, 3.8) is 0 Å². The van der Waals surface area contributed by atoms with Gasteiger partial charge in [0, 0.05) is 12.0 Å². The van der Waals surface area contributed by atoms with Crippen LogP contribution in [0.15, 0.2) is 24.3 Å². The van der Waals surface area contributed by atoms with Gasteiger partial charge < -0.3 is 15.6 Å². The van der Waals surface area contributed by atoms with Gasteiger partial charge in [-0.3, -0.25) is 0 Å². The molecule has 0 radical (unpaired) electrons. The summed E-state index contributed by atoms with van der Waals surface area (Å²) in [7, 11) is 0. The molecule has 0 fully saturated rings. The zero-order chi connectivity index (χ0) is 14.5. The van der Waals surface area contributed by atoms with E-state index in [-0.39, 0.29) is 12.7 Å².